The summed E-state index contributed by atoms with van der Waals surface area (Å²) in [6.45, 7) is 4.81. The second kappa shape index (κ2) is 12.7. The zero-order valence-corrected chi connectivity index (χ0v) is 20.5. The van der Waals surface area contributed by atoms with Gasteiger partial charge in [0.15, 0.2) is 0 Å². The van der Waals surface area contributed by atoms with Crippen molar-refractivity contribution in [3.63, 3.8) is 0 Å². The highest BCUT2D eigenvalue weighted by molar-refractivity contribution is 5.96. The zero-order chi connectivity index (χ0) is 27.0. The quantitative estimate of drug-likeness (QED) is 0.191. The molecule has 5 atom stereocenters. The fourth-order valence-electron chi connectivity index (χ4n) is 3.66. The van der Waals surface area contributed by atoms with Gasteiger partial charge in [-0.2, -0.15) is 0 Å². The number of benzene rings is 1. The van der Waals surface area contributed by atoms with Gasteiger partial charge < -0.3 is 37.5 Å². The van der Waals surface area contributed by atoms with E-state index in [9.17, 15) is 29.1 Å². The third kappa shape index (κ3) is 7.54. The van der Waals surface area contributed by atoms with Crippen LogP contribution in [-0.4, -0.2) is 63.9 Å². The average molecular weight is 503 g/mol. The molecule has 1 heterocycles. The van der Waals surface area contributed by atoms with Crippen molar-refractivity contribution in [2.24, 2.45) is 17.4 Å². The highest BCUT2D eigenvalue weighted by Crippen LogP contribution is 2.18. The number of carboxylic acids is 1. The Morgan fingerprint density at radius 3 is 2.28 bits per heavy atom. The molecule has 12 heteroatoms. The lowest BCUT2D eigenvalue weighted by Gasteiger charge is -2.25. The van der Waals surface area contributed by atoms with Crippen LogP contribution in [0.3, 0.4) is 0 Å². The van der Waals surface area contributed by atoms with Gasteiger partial charge in [-0.1, -0.05) is 38.5 Å². The number of nitrogens with one attached hydrogen (secondary N) is 4. The van der Waals surface area contributed by atoms with E-state index in [4.69, 9.17) is 11.5 Å². The van der Waals surface area contributed by atoms with Gasteiger partial charge in [-0.3, -0.25) is 19.2 Å². The van der Waals surface area contributed by atoms with E-state index in [-0.39, 0.29) is 6.42 Å². The molecule has 0 aliphatic heterocycles. The van der Waals surface area contributed by atoms with E-state index in [2.05, 4.69) is 20.9 Å². The number of fused-ring (bicyclic) bond motifs is 1. The summed E-state index contributed by atoms with van der Waals surface area (Å²) in [7, 11) is 0. The van der Waals surface area contributed by atoms with Crippen LogP contribution in [0.4, 0.5) is 0 Å². The van der Waals surface area contributed by atoms with E-state index in [1.807, 2.05) is 24.3 Å². The number of carbonyl (C=O) groups excluding carboxylic acids is 4. The Bertz CT molecular complexity index is 1120. The number of hydrogen-bond acceptors (Lipinski definition) is 6. The predicted molar refractivity (Wildman–Crippen MR) is 132 cm³/mol. The number of carbonyl (C=O) groups is 5. The van der Waals surface area contributed by atoms with Gasteiger partial charge in [0, 0.05) is 17.1 Å². The minimum absolute atomic E-state index is 0.225. The fourth-order valence-corrected chi connectivity index (χ4v) is 3.66. The van der Waals surface area contributed by atoms with Gasteiger partial charge in [0.1, 0.15) is 18.1 Å². The summed E-state index contributed by atoms with van der Waals surface area (Å²) in [6, 6.07) is 2.88. The Balaban J connectivity index is 2.01. The second-order valence-corrected chi connectivity index (χ2v) is 8.84. The highest BCUT2D eigenvalue weighted by Gasteiger charge is 2.31. The third-order valence-electron chi connectivity index (χ3n) is 6.02. The maximum absolute atomic E-state index is 12.7. The Kier molecular flexibility index (Phi) is 9.97. The summed E-state index contributed by atoms with van der Waals surface area (Å²) in [5.74, 6) is -4.73. The molecule has 1 aromatic carbocycles. The number of rotatable bonds is 13. The normalized spacial score (nSPS) is 15.2. The molecule has 0 saturated heterocycles. The molecule has 196 valence electrons. The maximum Gasteiger partial charge on any atom is 0.326 e. The molecular formula is C24H34N6O6. The Morgan fingerprint density at radius 2 is 1.67 bits per heavy atom. The standard InChI is InChI=1S/C24H34N6O6/c1-4-12(2)20(24(35)36)30-23(34)18(10-19(26)31)29-21(32)13(3)28-22(33)16(25)9-14-11-27-17-8-6-5-7-15(14)17/h5-8,11-13,16,18,20,27H,4,9-10,25H2,1-3H3,(H2,26,31)(H,28,33)(H,29,32)(H,30,34)(H,35,36). The lowest BCUT2D eigenvalue weighted by molar-refractivity contribution is -0.144. The molecule has 0 radical (unpaired) electrons. The molecule has 2 rings (SSSR count). The highest BCUT2D eigenvalue weighted by atomic mass is 16.4. The molecule has 4 amide bonds. The summed E-state index contributed by atoms with van der Waals surface area (Å²) in [4.78, 5) is 64.1. The van der Waals surface area contributed by atoms with E-state index in [1.54, 1.807) is 20.0 Å². The van der Waals surface area contributed by atoms with Gasteiger partial charge in [-0.25, -0.2) is 4.79 Å². The maximum atomic E-state index is 12.7. The van der Waals surface area contributed by atoms with Gasteiger partial charge in [-0.15, -0.1) is 0 Å². The average Bonchev–Trinajstić information content (AvgIpc) is 3.23. The van der Waals surface area contributed by atoms with Crippen molar-refractivity contribution in [2.45, 2.75) is 64.2 Å². The molecule has 36 heavy (non-hydrogen) atoms. The molecule has 12 nitrogen and oxygen atoms in total. The van der Waals surface area contributed by atoms with Crippen LogP contribution in [0.2, 0.25) is 0 Å². The molecule has 0 saturated carbocycles. The second-order valence-electron chi connectivity index (χ2n) is 8.84. The van der Waals surface area contributed by atoms with E-state index >= 15 is 0 Å². The van der Waals surface area contributed by atoms with E-state index in [0.717, 1.165) is 16.5 Å². The van der Waals surface area contributed by atoms with Gasteiger partial charge >= 0.3 is 5.97 Å². The fraction of sp³-hybridized carbons (Fsp3) is 0.458. The van der Waals surface area contributed by atoms with Crippen LogP contribution >= 0.6 is 0 Å². The smallest absolute Gasteiger partial charge is 0.326 e. The molecular weight excluding hydrogens is 468 g/mol. The van der Waals surface area contributed by atoms with Crippen LogP contribution in [0.1, 0.15) is 39.2 Å². The molecule has 2 aromatic rings. The summed E-state index contributed by atoms with van der Waals surface area (Å²) in [5.41, 5.74) is 13.0. The monoisotopic (exact) mass is 502 g/mol. The molecule has 5 unspecified atom stereocenters. The predicted octanol–water partition coefficient (Wildman–Crippen LogP) is -0.482. The zero-order valence-electron chi connectivity index (χ0n) is 20.5. The van der Waals surface area contributed by atoms with E-state index < -0.39 is 66.1 Å². The Morgan fingerprint density at radius 1 is 1.00 bits per heavy atom. The van der Waals surface area contributed by atoms with E-state index in [1.165, 1.54) is 6.92 Å². The third-order valence-corrected chi connectivity index (χ3v) is 6.02. The van der Waals surface area contributed by atoms with Crippen molar-refractivity contribution in [3.05, 3.63) is 36.0 Å². The number of para-hydroxylation sites is 1. The lowest BCUT2D eigenvalue weighted by Crippen LogP contribution is -2.57. The summed E-state index contributed by atoms with van der Waals surface area (Å²) >= 11 is 0. The van der Waals surface area contributed by atoms with Crippen LogP contribution in [0.15, 0.2) is 30.5 Å². The molecule has 0 aliphatic carbocycles. The summed E-state index contributed by atoms with van der Waals surface area (Å²) in [6.07, 6.45) is 1.92. The van der Waals surface area contributed by atoms with Gasteiger partial charge in [-0.05, 0) is 30.9 Å². The minimum atomic E-state index is -1.42. The van der Waals surface area contributed by atoms with Crippen molar-refractivity contribution in [2.75, 3.05) is 0 Å². The van der Waals surface area contributed by atoms with Gasteiger partial charge in [0.2, 0.25) is 23.6 Å². The number of carboxylic acid groups (broad SMARTS) is 1. The van der Waals surface area contributed by atoms with Crippen LogP contribution in [-0.2, 0) is 30.4 Å². The number of H-pyrrole nitrogens is 1. The van der Waals surface area contributed by atoms with Crippen molar-refractivity contribution >= 4 is 40.5 Å². The van der Waals surface area contributed by atoms with Gasteiger partial charge in [0.05, 0.1) is 12.5 Å². The molecule has 1 aromatic heterocycles. The number of aliphatic carboxylic acids is 1. The van der Waals surface area contributed by atoms with Crippen LogP contribution in [0.25, 0.3) is 10.9 Å². The summed E-state index contributed by atoms with van der Waals surface area (Å²) in [5, 5.41) is 17.5. The van der Waals surface area contributed by atoms with Crippen LogP contribution in [0, 0.1) is 5.92 Å². The molecule has 0 fully saturated rings. The van der Waals surface area contributed by atoms with Crippen LogP contribution in [0.5, 0.6) is 0 Å². The van der Waals surface area contributed by atoms with Crippen molar-refractivity contribution in [1.82, 2.24) is 20.9 Å². The SMILES string of the molecule is CCC(C)C(NC(=O)C(CC(N)=O)NC(=O)C(C)NC(=O)C(N)Cc1c[nH]c2ccccc12)C(=O)O. The number of primary amides is 1. The first kappa shape index (κ1) is 28.3. The molecule has 9 N–H and O–H groups in total. The van der Waals surface area contributed by atoms with Gasteiger partial charge in [0.25, 0.3) is 0 Å². The molecule has 0 bridgehead atoms. The molecule has 0 spiro atoms. The van der Waals surface area contributed by atoms with Crippen LogP contribution < -0.4 is 27.4 Å². The number of hydrogen-bond donors (Lipinski definition) is 7. The largest absolute Gasteiger partial charge is 0.480 e. The Hall–Kier alpha value is -3.93. The first-order valence-corrected chi connectivity index (χ1v) is 11.7. The van der Waals surface area contributed by atoms with Crippen molar-refractivity contribution < 1.29 is 29.1 Å². The number of nitrogens with two attached hydrogens (primary N) is 2. The van der Waals surface area contributed by atoms with Crippen molar-refractivity contribution in [3.8, 4) is 0 Å². The summed E-state index contributed by atoms with van der Waals surface area (Å²) < 4.78 is 0. The van der Waals surface area contributed by atoms with Crippen molar-refractivity contribution in [1.29, 1.82) is 0 Å². The van der Waals surface area contributed by atoms with E-state index in [0.29, 0.717) is 6.42 Å². The topological polar surface area (TPSA) is 209 Å². The number of aromatic amines is 1. The molecule has 0 aliphatic rings. The number of aromatic nitrogens is 1. The Labute approximate surface area is 208 Å². The lowest BCUT2D eigenvalue weighted by atomic mass is 9.98. The number of amides is 4. The first-order chi connectivity index (χ1) is 16.9. The first-order valence-electron chi connectivity index (χ1n) is 11.7. The minimum Gasteiger partial charge on any atom is -0.480 e.